The highest BCUT2D eigenvalue weighted by Crippen LogP contribution is 2.33. The topological polar surface area (TPSA) is 29.0 Å². The number of fused-ring (bicyclic) bond motifs is 1. The quantitative estimate of drug-likeness (QED) is 0.822. The van der Waals surface area contributed by atoms with E-state index in [9.17, 15) is 4.39 Å². The van der Waals surface area contributed by atoms with Gasteiger partial charge in [-0.15, -0.1) is 11.3 Å². The Morgan fingerprint density at radius 2 is 2.41 bits per heavy atom. The Balaban J connectivity index is 2.00. The lowest BCUT2D eigenvalue weighted by Gasteiger charge is -2.17. The first-order valence-corrected chi connectivity index (χ1v) is 6.67. The maximum atomic E-state index is 12.6. The van der Waals surface area contributed by atoms with Crippen LogP contribution in [0.3, 0.4) is 0 Å². The Hall–Kier alpha value is -1.23. The van der Waals surface area contributed by atoms with Crippen LogP contribution in [0, 0.1) is 12.8 Å². The number of hydrogen-bond donors (Lipinski definition) is 0. The minimum Gasteiger partial charge on any atom is -0.355 e. The maximum absolute atomic E-state index is 12.6. The number of aromatic nitrogens is 2. The SMILES string of the molecule is Cc1csc2c(N3CCC(CF)C3)ncnc12. The first-order chi connectivity index (χ1) is 8.29. The summed E-state index contributed by atoms with van der Waals surface area (Å²) < 4.78 is 13.8. The second-order valence-electron chi connectivity index (χ2n) is 4.55. The maximum Gasteiger partial charge on any atom is 0.150 e. The molecule has 0 amide bonds. The monoisotopic (exact) mass is 251 g/mol. The highest BCUT2D eigenvalue weighted by molar-refractivity contribution is 7.18. The van der Waals surface area contributed by atoms with Crippen LogP contribution in [0.1, 0.15) is 12.0 Å². The molecule has 1 atom stereocenters. The molecular formula is C12H14FN3S. The second kappa shape index (κ2) is 4.22. The van der Waals surface area contributed by atoms with Gasteiger partial charge in [0.05, 0.1) is 16.9 Å². The van der Waals surface area contributed by atoms with Gasteiger partial charge in [0.15, 0.2) is 0 Å². The van der Waals surface area contributed by atoms with Crippen molar-refractivity contribution in [1.82, 2.24) is 9.97 Å². The molecule has 1 unspecified atom stereocenters. The van der Waals surface area contributed by atoms with Gasteiger partial charge in [0.2, 0.25) is 0 Å². The molecule has 90 valence electrons. The van der Waals surface area contributed by atoms with E-state index in [-0.39, 0.29) is 12.6 Å². The molecule has 0 N–H and O–H groups in total. The van der Waals surface area contributed by atoms with Crippen LogP contribution < -0.4 is 4.90 Å². The number of aryl methyl sites for hydroxylation is 1. The van der Waals surface area contributed by atoms with Gasteiger partial charge in [-0.05, 0) is 24.3 Å². The molecule has 17 heavy (non-hydrogen) atoms. The number of thiophene rings is 1. The van der Waals surface area contributed by atoms with Crippen LogP contribution in [0.15, 0.2) is 11.7 Å². The zero-order valence-corrected chi connectivity index (χ0v) is 10.5. The molecule has 0 radical (unpaired) electrons. The van der Waals surface area contributed by atoms with Gasteiger partial charge in [-0.3, -0.25) is 4.39 Å². The van der Waals surface area contributed by atoms with Crippen LogP contribution in [0.25, 0.3) is 10.2 Å². The lowest BCUT2D eigenvalue weighted by Crippen LogP contribution is -2.21. The number of hydrogen-bond acceptors (Lipinski definition) is 4. The van der Waals surface area contributed by atoms with Crippen LogP contribution >= 0.6 is 11.3 Å². The Kier molecular flexibility index (Phi) is 2.70. The molecule has 1 saturated heterocycles. The molecule has 1 fully saturated rings. The second-order valence-corrected chi connectivity index (χ2v) is 5.43. The van der Waals surface area contributed by atoms with Gasteiger partial charge in [-0.2, -0.15) is 0 Å². The van der Waals surface area contributed by atoms with E-state index < -0.39 is 0 Å². The summed E-state index contributed by atoms with van der Waals surface area (Å²) >= 11 is 1.68. The molecular weight excluding hydrogens is 237 g/mol. The zero-order valence-electron chi connectivity index (χ0n) is 9.69. The molecule has 2 aromatic rings. The van der Waals surface area contributed by atoms with E-state index >= 15 is 0 Å². The van der Waals surface area contributed by atoms with Crippen molar-refractivity contribution < 1.29 is 4.39 Å². The summed E-state index contributed by atoms with van der Waals surface area (Å²) in [6, 6.07) is 0. The molecule has 0 aliphatic carbocycles. The van der Waals surface area contributed by atoms with Gasteiger partial charge in [0.1, 0.15) is 12.1 Å². The normalized spacial score (nSPS) is 20.4. The lowest BCUT2D eigenvalue weighted by atomic mass is 10.1. The van der Waals surface area contributed by atoms with Crippen molar-refractivity contribution in [3.8, 4) is 0 Å². The van der Waals surface area contributed by atoms with E-state index in [1.54, 1.807) is 17.7 Å². The zero-order chi connectivity index (χ0) is 11.8. The van der Waals surface area contributed by atoms with Crippen molar-refractivity contribution in [1.29, 1.82) is 0 Å². The summed E-state index contributed by atoms with van der Waals surface area (Å²) in [6.45, 7) is 3.51. The third-order valence-corrected chi connectivity index (χ3v) is 4.40. The van der Waals surface area contributed by atoms with E-state index in [1.807, 2.05) is 0 Å². The van der Waals surface area contributed by atoms with E-state index in [2.05, 4.69) is 27.2 Å². The molecule has 0 aromatic carbocycles. The molecule has 3 heterocycles. The summed E-state index contributed by atoms with van der Waals surface area (Å²) in [7, 11) is 0. The lowest BCUT2D eigenvalue weighted by molar-refractivity contribution is 0.385. The summed E-state index contributed by atoms with van der Waals surface area (Å²) in [5, 5.41) is 2.10. The van der Waals surface area contributed by atoms with Gasteiger partial charge in [-0.25, -0.2) is 9.97 Å². The highest BCUT2D eigenvalue weighted by atomic mass is 32.1. The molecule has 1 aliphatic heterocycles. The predicted molar refractivity (Wildman–Crippen MR) is 68.4 cm³/mol. The van der Waals surface area contributed by atoms with Crippen LogP contribution in [0.5, 0.6) is 0 Å². The third-order valence-electron chi connectivity index (χ3n) is 3.32. The van der Waals surface area contributed by atoms with Crippen molar-refractivity contribution in [3.63, 3.8) is 0 Å². The number of anilines is 1. The highest BCUT2D eigenvalue weighted by Gasteiger charge is 2.25. The Morgan fingerprint density at radius 1 is 1.53 bits per heavy atom. The first kappa shape index (κ1) is 10.9. The largest absolute Gasteiger partial charge is 0.355 e. The molecule has 0 spiro atoms. The number of nitrogens with zero attached hydrogens (tertiary/aromatic N) is 3. The van der Waals surface area contributed by atoms with E-state index in [0.29, 0.717) is 0 Å². The molecule has 3 rings (SSSR count). The Labute approximate surface area is 103 Å². The van der Waals surface area contributed by atoms with Crippen molar-refractivity contribution in [2.24, 2.45) is 5.92 Å². The number of alkyl halides is 1. The average molecular weight is 251 g/mol. The molecule has 2 aromatic heterocycles. The summed E-state index contributed by atoms with van der Waals surface area (Å²) in [6.07, 6.45) is 2.53. The fraction of sp³-hybridized carbons (Fsp3) is 0.500. The fourth-order valence-corrected chi connectivity index (χ4v) is 3.35. The van der Waals surface area contributed by atoms with Gasteiger partial charge >= 0.3 is 0 Å². The van der Waals surface area contributed by atoms with Crippen LogP contribution in [0.4, 0.5) is 10.2 Å². The van der Waals surface area contributed by atoms with Gasteiger partial charge in [-0.1, -0.05) is 0 Å². The fourth-order valence-electron chi connectivity index (χ4n) is 2.33. The summed E-state index contributed by atoms with van der Waals surface area (Å²) in [5.74, 6) is 1.14. The Bertz CT molecular complexity index is 540. The van der Waals surface area contributed by atoms with Crippen LogP contribution in [-0.2, 0) is 0 Å². The van der Waals surface area contributed by atoms with Crippen LogP contribution in [0.2, 0.25) is 0 Å². The van der Waals surface area contributed by atoms with Gasteiger partial charge < -0.3 is 4.90 Å². The molecule has 3 nitrogen and oxygen atoms in total. The molecule has 5 heteroatoms. The molecule has 0 bridgehead atoms. The molecule has 1 aliphatic rings. The minimum atomic E-state index is -0.228. The minimum absolute atomic E-state index is 0.168. The molecule has 0 saturated carbocycles. The smallest absolute Gasteiger partial charge is 0.150 e. The van der Waals surface area contributed by atoms with Crippen molar-refractivity contribution in [2.45, 2.75) is 13.3 Å². The van der Waals surface area contributed by atoms with Gasteiger partial charge in [0.25, 0.3) is 0 Å². The van der Waals surface area contributed by atoms with E-state index in [1.165, 1.54) is 5.56 Å². The number of halogens is 1. The van der Waals surface area contributed by atoms with Crippen molar-refractivity contribution in [2.75, 3.05) is 24.7 Å². The Morgan fingerprint density at radius 3 is 3.18 bits per heavy atom. The summed E-state index contributed by atoms with van der Waals surface area (Å²) in [5.41, 5.74) is 2.22. The van der Waals surface area contributed by atoms with Crippen molar-refractivity contribution >= 4 is 27.4 Å². The third kappa shape index (κ3) is 1.78. The van der Waals surface area contributed by atoms with Crippen molar-refractivity contribution in [3.05, 3.63) is 17.3 Å². The predicted octanol–water partition coefficient (Wildman–Crippen LogP) is 2.80. The van der Waals surface area contributed by atoms with Crippen LogP contribution in [-0.4, -0.2) is 29.7 Å². The average Bonchev–Trinajstić information content (AvgIpc) is 2.96. The van der Waals surface area contributed by atoms with E-state index in [0.717, 1.165) is 35.5 Å². The first-order valence-electron chi connectivity index (χ1n) is 5.79. The van der Waals surface area contributed by atoms with E-state index in [4.69, 9.17) is 0 Å². The van der Waals surface area contributed by atoms with Gasteiger partial charge in [0, 0.05) is 19.0 Å². The number of rotatable bonds is 2. The summed E-state index contributed by atoms with van der Waals surface area (Å²) in [4.78, 5) is 10.9. The standard InChI is InChI=1S/C12H14FN3S/c1-8-6-17-11-10(8)14-7-15-12(11)16-3-2-9(4-13)5-16/h6-7,9H,2-5H2,1H3.